The number of hydrogen-bond acceptors (Lipinski definition) is 3. The lowest BCUT2D eigenvalue weighted by Gasteiger charge is -2.16. The zero-order valence-corrected chi connectivity index (χ0v) is 4.55. The standard InChI is InChI=1S/C4H6N2O3/c7-2-1-5-4(9)6-3(2)8/h2,7H,1H2,(H2,5,6,8,9)/t2-/m1/s1. The normalized spacial score (nSPS) is 27.0. The molecule has 9 heavy (non-hydrogen) atoms. The summed E-state index contributed by atoms with van der Waals surface area (Å²) in [6.07, 6.45) is -1.09. The average Bonchev–Trinajstić information content (AvgIpc) is 1.80. The van der Waals surface area contributed by atoms with Crippen LogP contribution in [-0.4, -0.2) is 29.7 Å². The zero-order valence-electron chi connectivity index (χ0n) is 4.55. The smallest absolute Gasteiger partial charge is 0.321 e. The molecule has 1 heterocycles. The summed E-state index contributed by atoms with van der Waals surface area (Å²) in [5.41, 5.74) is 0. The van der Waals surface area contributed by atoms with Crippen molar-refractivity contribution in [2.24, 2.45) is 0 Å². The summed E-state index contributed by atoms with van der Waals surface area (Å²) in [5, 5.41) is 12.8. The number of amides is 3. The largest absolute Gasteiger partial charge is 0.381 e. The molecule has 3 N–H and O–H groups in total. The molecule has 0 spiro atoms. The van der Waals surface area contributed by atoms with Crippen LogP contribution in [0.4, 0.5) is 4.79 Å². The second kappa shape index (κ2) is 2.02. The number of carbonyl (C=O) groups excluding carboxylic acids is 2. The summed E-state index contributed by atoms with van der Waals surface area (Å²) in [5.74, 6) is -0.640. The van der Waals surface area contributed by atoms with Crippen LogP contribution in [0.5, 0.6) is 0 Å². The van der Waals surface area contributed by atoms with Crippen molar-refractivity contribution in [3.63, 3.8) is 0 Å². The van der Waals surface area contributed by atoms with E-state index in [4.69, 9.17) is 5.11 Å². The third kappa shape index (κ3) is 1.17. The maximum atomic E-state index is 10.4. The predicted octanol–water partition coefficient (Wildman–Crippen LogP) is -1.81. The van der Waals surface area contributed by atoms with E-state index in [1.54, 1.807) is 0 Å². The molecule has 0 aromatic carbocycles. The number of imide groups is 1. The van der Waals surface area contributed by atoms with Crippen molar-refractivity contribution in [3.05, 3.63) is 0 Å². The van der Waals surface area contributed by atoms with Gasteiger partial charge >= 0.3 is 6.03 Å². The van der Waals surface area contributed by atoms with Crippen molar-refractivity contribution in [2.45, 2.75) is 6.10 Å². The van der Waals surface area contributed by atoms with Gasteiger partial charge in [0.25, 0.3) is 5.91 Å². The van der Waals surface area contributed by atoms with E-state index in [0.717, 1.165) is 0 Å². The first kappa shape index (κ1) is 6.03. The van der Waals surface area contributed by atoms with Gasteiger partial charge in [0.2, 0.25) is 0 Å². The number of urea groups is 1. The van der Waals surface area contributed by atoms with Crippen LogP contribution in [0.25, 0.3) is 0 Å². The lowest BCUT2D eigenvalue weighted by molar-refractivity contribution is -0.128. The molecule has 0 radical (unpaired) electrons. The van der Waals surface area contributed by atoms with Gasteiger partial charge in [0.15, 0.2) is 6.10 Å². The molecule has 0 saturated carbocycles. The Labute approximate surface area is 51.0 Å². The molecule has 0 aromatic heterocycles. The first-order valence-corrected chi connectivity index (χ1v) is 2.47. The summed E-state index contributed by atoms with van der Waals surface area (Å²) in [7, 11) is 0. The molecule has 5 heteroatoms. The van der Waals surface area contributed by atoms with Crippen molar-refractivity contribution < 1.29 is 14.7 Å². The maximum Gasteiger partial charge on any atom is 0.321 e. The van der Waals surface area contributed by atoms with Crippen LogP contribution in [0.3, 0.4) is 0 Å². The molecule has 1 rings (SSSR count). The molecular weight excluding hydrogens is 124 g/mol. The highest BCUT2D eigenvalue weighted by molar-refractivity contribution is 5.98. The van der Waals surface area contributed by atoms with Gasteiger partial charge in [-0.05, 0) is 0 Å². The van der Waals surface area contributed by atoms with Crippen molar-refractivity contribution in [3.8, 4) is 0 Å². The van der Waals surface area contributed by atoms with Gasteiger partial charge in [0.05, 0.1) is 6.54 Å². The Balaban J connectivity index is 2.54. The van der Waals surface area contributed by atoms with E-state index in [9.17, 15) is 9.59 Å². The summed E-state index contributed by atoms with van der Waals surface area (Å²) < 4.78 is 0. The van der Waals surface area contributed by atoms with E-state index in [-0.39, 0.29) is 6.54 Å². The number of carbonyl (C=O) groups is 2. The Kier molecular flexibility index (Phi) is 1.35. The molecule has 5 nitrogen and oxygen atoms in total. The Morgan fingerprint density at radius 3 is 2.67 bits per heavy atom. The molecule has 3 amide bonds. The van der Waals surface area contributed by atoms with Gasteiger partial charge in [0.1, 0.15) is 0 Å². The summed E-state index contributed by atoms with van der Waals surface area (Å²) in [6.45, 7) is 0.00463. The molecule has 0 aliphatic carbocycles. The minimum atomic E-state index is -1.09. The first-order chi connectivity index (χ1) is 4.20. The number of aliphatic hydroxyl groups excluding tert-OH is 1. The third-order valence-electron chi connectivity index (χ3n) is 0.995. The topological polar surface area (TPSA) is 78.4 Å². The Bertz CT molecular complexity index is 156. The monoisotopic (exact) mass is 130 g/mol. The van der Waals surface area contributed by atoms with E-state index in [2.05, 4.69) is 5.32 Å². The first-order valence-electron chi connectivity index (χ1n) is 2.47. The van der Waals surface area contributed by atoms with Gasteiger partial charge in [-0.3, -0.25) is 10.1 Å². The summed E-state index contributed by atoms with van der Waals surface area (Å²) >= 11 is 0. The second-order valence-electron chi connectivity index (χ2n) is 1.72. The van der Waals surface area contributed by atoms with Crippen molar-refractivity contribution in [2.75, 3.05) is 6.54 Å². The number of rotatable bonds is 0. The van der Waals surface area contributed by atoms with Crippen LogP contribution in [0, 0.1) is 0 Å². The fourth-order valence-electron chi connectivity index (χ4n) is 0.521. The predicted molar refractivity (Wildman–Crippen MR) is 27.5 cm³/mol. The fraction of sp³-hybridized carbons (Fsp3) is 0.500. The van der Waals surface area contributed by atoms with Crippen molar-refractivity contribution in [1.82, 2.24) is 10.6 Å². The van der Waals surface area contributed by atoms with Gasteiger partial charge in [-0.15, -0.1) is 0 Å². The molecule has 1 atom stereocenters. The van der Waals surface area contributed by atoms with Gasteiger partial charge in [-0.1, -0.05) is 0 Å². The number of hydrogen-bond donors (Lipinski definition) is 3. The van der Waals surface area contributed by atoms with E-state index in [1.807, 2.05) is 5.32 Å². The third-order valence-corrected chi connectivity index (χ3v) is 0.995. The molecule has 0 bridgehead atoms. The van der Waals surface area contributed by atoms with Crippen LogP contribution in [0.15, 0.2) is 0 Å². The van der Waals surface area contributed by atoms with Crippen molar-refractivity contribution in [1.29, 1.82) is 0 Å². The molecule has 0 aromatic rings. The molecular formula is C4H6N2O3. The second-order valence-corrected chi connectivity index (χ2v) is 1.72. The van der Waals surface area contributed by atoms with Gasteiger partial charge in [0, 0.05) is 0 Å². The quantitative estimate of drug-likeness (QED) is 0.361. The molecule has 1 fully saturated rings. The Morgan fingerprint density at radius 1 is 1.56 bits per heavy atom. The molecule has 1 aliphatic heterocycles. The average molecular weight is 130 g/mol. The number of β-amino-alcohol motifs (C(OH)–C–C–N with tert-alkyl or cyclic N) is 1. The SMILES string of the molecule is O=C1NC[C@@H](O)C(=O)N1. The van der Waals surface area contributed by atoms with Crippen LogP contribution in [0.1, 0.15) is 0 Å². The van der Waals surface area contributed by atoms with Crippen LogP contribution in [0.2, 0.25) is 0 Å². The van der Waals surface area contributed by atoms with E-state index in [0.29, 0.717) is 0 Å². The lowest BCUT2D eigenvalue weighted by Crippen LogP contribution is -2.54. The van der Waals surface area contributed by atoms with Crippen LogP contribution < -0.4 is 10.6 Å². The molecule has 1 aliphatic rings. The number of aliphatic hydroxyl groups is 1. The van der Waals surface area contributed by atoms with Crippen molar-refractivity contribution >= 4 is 11.9 Å². The lowest BCUT2D eigenvalue weighted by atomic mass is 10.3. The minimum absolute atomic E-state index is 0.00463. The minimum Gasteiger partial charge on any atom is -0.381 e. The number of nitrogens with one attached hydrogen (secondary N) is 2. The fourth-order valence-corrected chi connectivity index (χ4v) is 0.521. The Hall–Kier alpha value is -1.10. The van der Waals surface area contributed by atoms with Gasteiger partial charge in [-0.25, -0.2) is 4.79 Å². The van der Waals surface area contributed by atoms with Crippen LogP contribution in [-0.2, 0) is 4.79 Å². The van der Waals surface area contributed by atoms with E-state index >= 15 is 0 Å². The highest BCUT2D eigenvalue weighted by atomic mass is 16.3. The van der Waals surface area contributed by atoms with E-state index < -0.39 is 18.0 Å². The van der Waals surface area contributed by atoms with Gasteiger partial charge < -0.3 is 10.4 Å². The highest BCUT2D eigenvalue weighted by Crippen LogP contribution is 1.85. The van der Waals surface area contributed by atoms with Gasteiger partial charge in [-0.2, -0.15) is 0 Å². The summed E-state index contributed by atoms with van der Waals surface area (Å²) in [4.78, 5) is 20.6. The molecule has 1 saturated heterocycles. The summed E-state index contributed by atoms with van der Waals surface area (Å²) in [6, 6.07) is -0.551. The van der Waals surface area contributed by atoms with E-state index in [1.165, 1.54) is 0 Å². The maximum absolute atomic E-state index is 10.4. The molecule has 50 valence electrons. The van der Waals surface area contributed by atoms with Crippen LogP contribution >= 0.6 is 0 Å². The zero-order chi connectivity index (χ0) is 6.85. The Morgan fingerprint density at radius 2 is 2.22 bits per heavy atom. The molecule has 0 unspecified atom stereocenters. The highest BCUT2D eigenvalue weighted by Gasteiger charge is 2.22.